The van der Waals surface area contributed by atoms with Crippen molar-refractivity contribution in [1.29, 1.82) is 0 Å². The van der Waals surface area contributed by atoms with E-state index in [1.807, 2.05) is 26.0 Å². The number of pyridine rings is 1. The van der Waals surface area contributed by atoms with Gasteiger partial charge in [-0.3, -0.25) is 4.98 Å². The Morgan fingerprint density at radius 2 is 2.04 bits per heavy atom. The quantitative estimate of drug-likeness (QED) is 0.360. The fraction of sp³-hybridized carbons (Fsp3) is 0.188. The molecule has 24 heavy (non-hydrogen) atoms. The fourth-order valence-corrected chi connectivity index (χ4v) is 2.76. The molecule has 0 fully saturated rings. The van der Waals surface area contributed by atoms with E-state index in [2.05, 4.69) is 15.1 Å². The number of nitrogens with zero attached hydrogens (tertiary/aromatic N) is 3. The molecular weight excluding hydrogens is 326 g/mol. The third kappa shape index (κ3) is 4.56. The molecule has 7 nitrogen and oxygen atoms in total. The first-order chi connectivity index (χ1) is 11.5. The van der Waals surface area contributed by atoms with Crippen molar-refractivity contribution >= 4 is 17.0 Å². The number of hydrogen-bond acceptors (Lipinski definition) is 8. The van der Waals surface area contributed by atoms with Crippen LogP contribution in [0.25, 0.3) is 10.6 Å². The highest BCUT2D eigenvalue weighted by atomic mass is 32.1. The van der Waals surface area contributed by atoms with Crippen LogP contribution < -0.4 is 11.5 Å². The Hall–Kier alpha value is -2.87. The molecule has 2 rings (SSSR count). The highest BCUT2D eigenvalue weighted by Gasteiger charge is 2.12. The first kappa shape index (κ1) is 17.5. The van der Waals surface area contributed by atoms with Crippen molar-refractivity contribution in [2.45, 2.75) is 13.8 Å². The zero-order valence-corrected chi connectivity index (χ0v) is 14.5. The topological polar surface area (TPSA) is 109 Å². The number of ether oxygens (including phenoxy) is 1. The third-order valence-electron chi connectivity index (χ3n) is 2.97. The highest BCUT2D eigenvalue weighted by Crippen LogP contribution is 2.27. The Bertz CT molecular complexity index is 781. The highest BCUT2D eigenvalue weighted by molar-refractivity contribution is 7.17. The first-order valence-electron chi connectivity index (χ1n) is 7.08. The minimum Gasteiger partial charge on any atom is -0.483 e. The van der Waals surface area contributed by atoms with Gasteiger partial charge in [-0.1, -0.05) is 5.16 Å². The first-order valence-corrected chi connectivity index (χ1v) is 7.89. The van der Waals surface area contributed by atoms with E-state index >= 15 is 0 Å². The minimum atomic E-state index is 0.101. The van der Waals surface area contributed by atoms with Crippen molar-refractivity contribution in [2.75, 3.05) is 7.11 Å². The molecule has 0 saturated heterocycles. The maximum atomic E-state index is 5.69. The van der Waals surface area contributed by atoms with Crippen LogP contribution in [0.2, 0.25) is 0 Å². The maximum absolute atomic E-state index is 5.69. The van der Waals surface area contributed by atoms with Gasteiger partial charge in [0.05, 0.1) is 23.4 Å². The average molecular weight is 345 g/mol. The zero-order valence-electron chi connectivity index (χ0n) is 13.7. The third-order valence-corrected chi connectivity index (χ3v) is 4.28. The molecule has 0 amide bonds. The van der Waals surface area contributed by atoms with E-state index in [9.17, 15) is 0 Å². The van der Waals surface area contributed by atoms with Gasteiger partial charge in [0.25, 0.3) is 0 Å². The van der Waals surface area contributed by atoms with Crippen LogP contribution in [0.15, 0.2) is 53.6 Å². The van der Waals surface area contributed by atoms with Crippen LogP contribution in [0.5, 0.6) is 0 Å². The second kappa shape index (κ2) is 8.11. The van der Waals surface area contributed by atoms with Crippen LogP contribution >= 0.6 is 11.3 Å². The molecule has 2 aromatic rings. The molecule has 0 atom stereocenters. The smallest absolute Gasteiger partial charge is 0.220 e. The number of aryl methyl sites for hydroxylation is 1. The van der Waals surface area contributed by atoms with Crippen molar-refractivity contribution in [1.82, 2.24) is 9.97 Å². The van der Waals surface area contributed by atoms with Gasteiger partial charge in [-0.2, -0.15) is 0 Å². The number of oxime groups is 1. The van der Waals surface area contributed by atoms with E-state index in [0.29, 0.717) is 5.71 Å². The lowest BCUT2D eigenvalue weighted by Gasteiger charge is -2.00. The van der Waals surface area contributed by atoms with Crippen LogP contribution in [0.3, 0.4) is 0 Å². The molecule has 2 heterocycles. The Morgan fingerprint density at radius 1 is 1.29 bits per heavy atom. The number of aromatic nitrogens is 2. The molecule has 8 heteroatoms. The molecule has 0 aromatic carbocycles. The van der Waals surface area contributed by atoms with E-state index in [0.717, 1.165) is 21.1 Å². The monoisotopic (exact) mass is 345 g/mol. The lowest BCUT2D eigenvalue weighted by molar-refractivity contribution is 0.224. The molecule has 0 spiro atoms. The predicted octanol–water partition coefficient (Wildman–Crippen LogP) is 2.50. The standard InChI is InChI=1S/C16H19N5O2S/c1-10-15(24-16(20-10)12-5-4-8-19-9-12)11(2)21-23-14(18)7-6-13(17)22-3/h4-9H,17-18H2,1-3H3/b13-6+,14-7+,21-11+. The van der Waals surface area contributed by atoms with Gasteiger partial charge in [0, 0.05) is 30.1 Å². The van der Waals surface area contributed by atoms with Crippen molar-refractivity contribution in [3.8, 4) is 10.6 Å². The second-order valence-electron chi connectivity index (χ2n) is 4.79. The largest absolute Gasteiger partial charge is 0.483 e. The molecule has 4 N–H and O–H groups in total. The van der Waals surface area contributed by atoms with E-state index in [1.54, 1.807) is 12.4 Å². The van der Waals surface area contributed by atoms with Gasteiger partial charge in [-0.25, -0.2) is 4.98 Å². The molecule has 126 valence electrons. The van der Waals surface area contributed by atoms with Crippen LogP contribution in [-0.2, 0) is 9.57 Å². The number of rotatable bonds is 6. The molecule has 0 aliphatic heterocycles. The van der Waals surface area contributed by atoms with E-state index in [4.69, 9.17) is 21.0 Å². The van der Waals surface area contributed by atoms with Crippen LogP contribution in [0.1, 0.15) is 17.5 Å². The van der Waals surface area contributed by atoms with Gasteiger partial charge >= 0.3 is 0 Å². The molecule has 0 saturated carbocycles. The summed E-state index contributed by atoms with van der Waals surface area (Å²) in [5.41, 5.74) is 13.7. The molecule has 2 aromatic heterocycles. The van der Waals surface area contributed by atoms with E-state index < -0.39 is 0 Å². The van der Waals surface area contributed by atoms with Gasteiger partial charge in [-0.15, -0.1) is 11.3 Å². The number of allylic oxidation sites excluding steroid dienone is 2. The summed E-state index contributed by atoms with van der Waals surface area (Å²) in [5, 5.41) is 4.91. The van der Waals surface area contributed by atoms with Gasteiger partial charge in [0.15, 0.2) is 5.88 Å². The molecule has 0 aliphatic rings. The van der Waals surface area contributed by atoms with Gasteiger partial charge in [0.2, 0.25) is 5.88 Å². The average Bonchev–Trinajstić information content (AvgIpc) is 3.00. The van der Waals surface area contributed by atoms with Crippen molar-refractivity contribution in [3.05, 3.63) is 59.0 Å². The van der Waals surface area contributed by atoms with Gasteiger partial charge < -0.3 is 21.0 Å². The van der Waals surface area contributed by atoms with Crippen molar-refractivity contribution in [2.24, 2.45) is 16.6 Å². The number of thiazole rings is 1. The molecule has 0 radical (unpaired) electrons. The summed E-state index contributed by atoms with van der Waals surface area (Å²) in [5.74, 6) is 0.325. The van der Waals surface area contributed by atoms with E-state index in [-0.39, 0.29) is 11.8 Å². The van der Waals surface area contributed by atoms with Gasteiger partial charge in [-0.05, 0) is 26.0 Å². The summed E-state index contributed by atoms with van der Waals surface area (Å²) in [6, 6.07) is 3.84. The van der Waals surface area contributed by atoms with Crippen LogP contribution in [-0.4, -0.2) is 22.8 Å². The summed E-state index contributed by atoms with van der Waals surface area (Å²) >= 11 is 1.52. The Morgan fingerprint density at radius 3 is 2.71 bits per heavy atom. The second-order valence-corrected chi connectivity index (χ2v) is 5.78. The Balaban J connectivity index is 2.15. The molecule has 0 aliphatic carbocycles. The molecule has 0 bridgehead atoms. The van der Waals surface area contributed by atoms with Crippen LogP contribution in [0, 0.1) is 6.92 Å². The van der Waals surface area contributed by atoms with Crippen molar-refractivity contribution < 1.29 is 9.57 Å². The summed E-state index contributed by atoms with van der Waals surface area (Å²) in [7, 11) is 1.46. The number of methoxy groups -OCH3 is 1. The van der Waals surface area contributed by atoms with E-state index in [1.165, 1.54) is 30.6 Å². The fourth-order valence-electron chi connectivity index (χ4n) is 1.77. The summed E-state index contributed by atoms with van der Waals surface area (Å²) in [4.78, 5) is 14.7. The number of hydrogen-bond donors (Lipinski definition) is 2. The molecule has 0 unspecified atom stereocenters. The summed E-state index contributed by atoms with van der Waals surface area (Å²) in [6.07, 6.45) is 6.46. The van der Waals surface area contributed by atoms with Crippen molar-refractivity contribution in [3.63, 3.8) is 0 Å². The lowest BCUT2D eigenvalue weighted by atomic mass is 10.3. The SMILES string of the molecule is CO/C(N)=C/C=C(\N)O/N=C(\C)c1sc(-c2cccnc2)nc1C. The lowest BCUT2D eigenvalue weighted by Crippen LogP contribution is -2.03. The number of nitrogens with two attached hydrogens (primary N) is 2. The van der Waals surface area contributed by atoms with Gasteiger partial charge in [0.1, 0.15) is 5.01 Å². The Labute approximate surface area is 144 Å². The maximum Gasteiger partial charge on any atom is 0.220 e. The predicted molar refractivity (Wildman–Crippen MR) is 94.9 cm³/mol. The molecular formula is C16H19N5O2S. The zero-order chi connectivity index (χ0) is 17.5. The normalized spacial score (nSPS) is 13.0. The summed E-state index contributed by atoms with van der Waals surface area (Å²) in [6.45, 7) is 3.76. The Kier molecular flexibility index (Phi) is 5.91. The minimum absolute atomic E-state index is 0.101. The van der Waals surface area contributed by atoms with Crippen LogP contribution in [0.4, 0.5) is 0 Å². The summed E-state index contributed by atoms with van der Waals surface area (Å²) < 4.78 is 4.79.